The first kappa shape index (κ1) is 73.1. The summed E-state index contributed by atoms with van der Waals surface area (Å²) in [6.07, 6.45) is 3.92. The number of ether oxygens (including phenoxy) is 2. The van der Waals surface area contributed by atoms with Gasteiger partial charge in [-0.05, 0) is 166 Å². The SMILES string of the molecule is CCC(C)N(CC(C)C(CN(C)C(=O)OC(C)(C)C)O[Si](C)(C)C(C)(C)C)C(=O)c1cc(Br)cnc1Cl.CCC(C)NCC(C)C(CN(C)C(=O)OC(C)(C)C)O[Si](C)(C)C(C)(C)C.O=C(Cl)c1cc(Br)cnc1Cl. The van der Waals surface area contributed by atoms with Crippen LogP contribution in [0.5, 0.6) is 0 Å². The van der Waals surface area contributed by atoms with Gasteiger partial charge >= 0.3 is 12.2 Å². The fourth-order valence-corrected chi connectivity index (χ4v) is 10.3. The summed E-state index contributed by atoms with van der Waals surface area (Å²) in [5.41, 5.74) is -0.520. The number of nitrogens with one attached hydrogen (secondary N) is 1. The zero-order valence-electron chi connectivity index (χ0n) is 49.9. The monoisotopic (exact) mass is 1270 g/mol. The van der Waals surface area contributed by atoms with Crippen molar-refractivity contribution in [3.05, 3.63) is 54.9 Å². The molecule has 21 heteroatoms. The molecule has 0 saturated carbocycles. The topological polar surface area (TPSA) is 153 Å². The van der Waals surface area contributed by atoms with E-state index in [1.807, 2.05) is 53.4 Å². The summed E-state index contributed by atoms with van der Waals surface area (Å²) in [7, 11) is -0.617. The molecular formula is C54H95Br2Cl3N6O8Si2. The molecule has 3 amide bonds. The van der Waals surface area contributed by atoms with E-state index in [4.69, 9.17) is 53.1 Å². The third kappa shape index (κ3) is 26.8. The summed E-state index contributed by atoms with van der Waals surface area (Å²) in [6, 6.07) is 3.68. The van der Waals surface area contributed by atoms with Crippen LogP contribution in [0.25, 0.3) is 0 Å². The Hall–Kier alpha value is -1.88. The van der Waals surface area contributed by atoms with Crippen molar-refractivity contribution in [1.29, 1.82) is 0 Å². The minimum Gasteiger partial charge on any atom is -0.444 e. The third-order valence-electron chi connectivity index (χ3n) is 13.4. The maximum atomic E-state index is 13.7. The normalized spacial score (nSPS) is 14.8. The number of aromatic nitrogens is 2. The molecular weight excluding hydrogens is 1180 g/mol. The van der Waals surface area contributed by atoms with Gasteiger partial charge in [-0.25, -0.2) is 19.6 Å². The lowest BCUT2D eigenvalue weighted by Crippen LogP contribution is -2.52. The number of hydrogen-bond donors (Lipinski definition) is 1. The Bertz CT molecular complexity index is 2140. The highest BCUT2D eigenvalue weighted by molar-refractivity contribution is 9.10. The van der Waals surface area contributed by atoms with Gasteiger partial charge in [0.05, 0.1) is 23.3 Å². The Morgan fingerprint density at radius 3 is 1.35 bits per heavy atom. The fourth-order valence-electron chi connectivity index (χ4n) is 6.21. The smallest absolute Gasteiger partial charge is 0.410 e. The standard InChI is InChI=1S/C27H47BrClN3O4Si.C21H46N2O3Si.C6H2BrCl2NO/c1-13-19(3)32(24(33)21-14-20(28)15-30-23(21)29)16-18(2)22(36-37(11,12)27(7,8)9)17-31(10)25(34)35-26(4,5)6;1-13-17(3)22-14-16(2)18(26-27(11,12)21(7,8)9)15-23(10)19(24)25-20(4,5)6;7-3-1-4(6(9)11)5(8)10-2-3/h14-15,18-19,22H,13,16-17H2,1-12H3;16-18,22H,13-15H2,1-12H3;1-2H. The molecule has 2 rings (SSSR count). The second-order valence-corrected chi connectivity index (χ2v) is 37.1. The zero-order chi connectivity index (χ0) is 59.0. The minimum absolute atomic E-state index is 0.0167. The van der Waals surface area contributed by atoms with Gasteiger partial charge in [-0.2, -0.15) is 0 Å². The van der Waals surface area contributed by atoms with Gasteiger partial charge in [0.2, 0.25) is 0 Å². The van der Waals surface area contributed by atoms with E-state index in [9.17, 15) is 19.2 Å². The largest absolute Gasteiger partial charge is 0.444 e. The number of carbonyl (C=O) groups is 4. The fraction of sp³-hybridized carbons (Fsp3) is 0.741. The van der Waals surface area contributed by atoms with Gasteiger partial charge in [0.15, 0.2) is 16.6 Å². The lowest BCUT2D eigenvalue weighted by Gasteiger charge is -2.43. The molecule has 1 N–H and O–H groups in total. The second-order valence-electron chi connectivity index (χ2n) is 24.7. The van der Waals surface area contributed by atoms with Crippen LogP contribution in [0.3, 0.4) is 0 Å². The van der Waals surface area contributed by atoms with Crippen molar-refractivity contribution in [3.63, 3.8) is 0 Å². The molecule has 0 radical (unpaired) electrons. The summed E-state index contributed by atoms with van der Waals surface area (Å²) in [4.78, 5) is 62.5. The number of hydrogen-bond acceptors (Lipinski definition) is 11. The maximum Gasteiger partial charge on any atom is 0.410 e. The van der Waals surface area contributed by atoms with Crippen molar-refractivity contribution >= 4 is 107 Å². The van der Waals surface area contributed by atoms with E-state index in [0.29, 0.717) is 40.2 Å². The highest BCUT2D eigenvalue weighted by Crippen LogP contribution is 2.40. The molecule has 0 aliphatic carbocycles. The van der Waals surface area contributed by atoms with Crippen molar-refractivity contribution in [1.82, 2.24) is 30.0 Å². The Morgan fingerprint density at radius 2 is 1.01 bits per heavy atom. The molecule has 0 spiro atoms. The molecule has 75 heavy (non-hydrogen) atoms. The van der Waals surface area contributed by atoms with Crippen LogP contribution < -0.4 is 5.32 Å². The number of halogens is 5. The highest BCUT2D eigenvalue weighted by atomic mass is 79.9. The van der Waals surface area contributed by atoms with Crippen LogP contribution in [0.2, 0.25) is 46.6 Å². The van der Waals surface area contributed by atoms with Gasteiger partial charge in [0.25, 0.3) is 11.1 Å². The second kappa shape index (κ2) is 31.2. The molecule has 2 heterocycles. The Labute approximate surface area is 487 Å². The molecule has 6 atom stereocenters. The predicted molar refractivity (Wildman–Crippen MR) is 323 cm³/mol. The van der Waals surface area contributed by atoms with E-state index in [2.05, 4.69) is 149 Å². The van der Waals surface area contributed by atoms with Gasteiger partial charge in [-0.15, -0.1) is 0 Å². The van der Waals surface area contributed by atoms with Crippen molar-refractivity contribution in [2.45, 2.75) is 209 Å². The lowest BCUT2D eigenvalue weighted by molar-refractivity contribution is 0.0124. The number of pyridine rings is 2. The zero-order valence-corrected chi connectivity index (χ0v) is 57.3. The minimum atomic E-state index is -2.19. The van der Waals surface area contributed by atoms with Crippen molar-refractivity contribution in [3.8, 4) is 0 Å². The molecule has 0 saturated heterocycles. The van der Waals surface area contributed by atoms with Crippen molar-refractivity contribution in [2.24, 2.45) is 11.8 Å². The average Bonchev–Trinajstić information content (AvgIpc) is 3.25. The van der Waals surface area contributed by atoms with E-state index < -0.39 is 39.2 Å². The van der Waals surface area contributed by atoms with Crippen LogP contribution in [0.15, 0.2) is 33.5 Å². The first-order valence-electron chi connectivity index (χ1n) is 25.9. The highest BCUT2D eigenvalue weighted by Gasteiger charge is 2.43. The summed E-state index contributed by atoms with van der Waals surface area (Å²) >= 11 is 23.6. The first-order chi connectivity index (χ1) is 33.8. The molecule has 6 unspecified atom stereocenters. The summed E-state index contributed by atoms with van der Waals surface area (Å²) in [5.74, 6) is 0.0421. The van der Waals surface area contributed by atoms with E-state index in [1.54, 1.807) is 36.2 Å². The van der Waals surface area contributed by atoms with Crippen LogP contribution in [0, 0.1) is 11.8 Å². The molecule has 14 nitrogen and oxygen atoms in total. The van der Waals surface area contributed by atoms with Crippen molar-refractivity contribution in [2.75, 3.05) is 40.3 Å². The number of rotatable bonds is 20. The number of likely N-dealkylation sites (N-methyl/N-ethyl adjacent to an activating group) is 2. The van der Waals surface area contributed by atoms with E-state index >= 15 is 0 Å². The van der Waals surface area contributed by atoms with E-state index in [-0.39, 0.29) is 68.0 Å². The van der Waals surface area contributed by atoms with E-state index in [1.165, 1.54) is 12.3 Å². The molecule has 0 aliphatic rings. The molecule has 0 aromatic carbocycles. The van der Waals surface area contributed by atoms with Crippen LogP contribution >= 0.6 is 66.7 Å². The van der Waals surface area contributed by atoms with Gasteiger partial charge < -0.3 is 38.3 Å². The quantitative estimate of drug-likeness (QED) is 0.0766. The number of amides is 3. The van der Waals surface area contributed by atoms with Gasteiger partial charge in [-0.3, -0.25) is 9.59 Å². The average molecular weight is 1280 g/mol. The Kier molecular flexibility index (Phi) is 30.4. The lowest BCUT2D eigenvalue weighted by atomic mass is 10.0. The molecule has 2 aromatic heterocycles. The summed E-state index contributed by atoms with van der Waals surface area (Å²) in [6.45, 7) is 48.4. The molecule has 0 aliphatic heterocycles. The summed E-state index contributed by atoms with van der Waals surface area (Å²) in [5, 5.41) is 3.37. The summed E-state index contributed by atoms with van der Waals surface area (Å²) < 4.78 is 26.1. The van der Waals surface area contributed by atoms with Gasteiger partial charge in [0.1, 0.15) is 21.5 Å². The molecule has 2 aromatic rings. The molecule has 0 fully saturated rings. The van der Waals surface area contributed by atoms with Crippen LogP contribution in [-0.2, 0) is 18.3 Å². The Morgan fingerprint density at radius 1 is 0.640 bits per heavy atom. The number of carbonyl (C=O) groups excluding carboxylic acids is 4. The van der Waals surface area contributed by atoms with Crippen LogP contribution in [0.1, 0.15) is 158 Å². The molecule has 432 valence electrons. The van der Waals surface area contributed by atoms with Crippen LogP contribution in [-0.4, -0.2) is 140 Å². The third-order valence-corrected chi connectivity index (χ3v) is 24.1. The van der Waals surface area contributed by atoms with E-state index in [0.717, 1.165) is 19.4 Å². The Balaban J connectivity index is 0.00000125. The van der Waals surface area contributed by atoms with Gasteiger partial charge in [-0.1, -0.05) is 92.4 Å². The predicted octanol–water partition coefficient (Wildman–Crippen LogP) is 15.8. The number of nitrogens with zero attached hydrogens (tertiary/aromatic N) is 5. The maximum absolute atomic E-state index is 13.7. The van der Waals surface area contributed by atoms with Gasteiger partial charge in [0, 0.05) is 79.6 Å². The van der Waals surface area contributed by atoms with Crippen LogP contribution in [0.4, 0.5) is 9.59 Å². The van der Waals surface area contributed by atoms with Crippen molar-refractivity contribution < 1.29 is 37.5 Å². The first-order valence-corrected chi connectivity index (χ1v) is 34.4. The molecule has 0 bridgehead atoms.